The second-order valence-electron chi connectivity index (χ2n) is 5.69. The first-order valence-electron chi connectivity index (χ1n) is 8.50. The monoisotopic (exact) mass is 364 g/mol. The van der Waals surface area contributed by atoms with Gasteiger partial charge in [0.2, 0.25) is 5.95 Å². The molecule has 0 saturated carbocycles. The highest BCUT2D eigenvalue weighted by Crippen LogP contribution is 2.18. The summed E-state index contributed by atoms with van der Waals surface area (Å²) in [5, 5.41) is 0.535. The predicted octanol–water partition coefficient (Wildman–Crippen LogP) is 2.58. The smallest absolute Gasteiger partial charge is 0.262 e. The van der Waals surface area contributed by atoms with Crippen LogP contribution >= 0.6 is 0 Å². The van der Waals surface area contributed by atoms with E-state index in [0.717, 1.165) is 5.56 Å². The van der Waals surface area contributed by atoms with Crippen LogP contribution in [0, 0.1) is 0 Å². The topological polar surface area (TPSA) is 85.2 Å². The molecule has 0 radical (unpaired) electrons. The lowest BCUT2D eigenvalue weighted by molar-refractivity contribution is -0.116. The summed E-state index contributed by atoms with van der Waals surface area (Å²) in [5.41, 5.74) is 6.45. The van der Waals surface area contributed by atoms with Crippen LogP contribution in [0.15, 0.2) is 59.4 Å². The molecule has 0 atom stereocenters. The van der Waals surface area contributed by atoms with Crippen molar-refractivity contribution < 1.29 is 9.53 Å². The van der Waals surface area contributed by atoms with E-state index in [2.05, 4.69) is 15.8 Å². The zero-order valence-electron chi connectivity index (χ0n) is 15.1. The van der Waals surface area contributed by atoms with Crippen LogP contribution in [0.25, 0.3) is 17.0 Å². The van der Waals surface area contributed by atoms with Crippen LogP contribution < -0.4 is 21.1 Å². The van der Waals surface area contributed by atoms with Gasteiger partial charge in [0.15, 0.2) is 0 Å². The van der Waals surface area contributed by atoms with Crippen molar-refractivity contribution in [1.82, 2.24) is 15.0 Å². The molecule has 7 heteroatoms. The number of carbonyl (C=O) groups excluding carboxylic acids is 1. The van der Waals surface area contributed by atoms with Crippen molar-refractivity contribution in [1.29, 1.82) is 0 Å². The third-order valence-corrected chi connectivity index (χ3v) is 4.03. The maximum Gasteiger partial charge on any atom is 0.262 e. The van der Waals surface area contributed by atoms with Gasteiger partial charge in [0.05, 0.1) is 18.0 Å². The van der Waals surface area contributed by atoms with Crippen LogP contribution in [-0.2, 0) is 11.3 Å². The number of aromatic nitrogens is 2. The van der Waals surface area contributed by atoms with E-state index in [0.29, 0.717) is 23.2 Å². The Morgan fingerprint density at radius 2 is 1.93 bits per heavy atom. The molecule has 27 heavy (non-hydrogen) atoms. The molecular formula is C20H20N4O3. The van der Waals surface area contributed by atoms with E-state index in [4.69, 9.17) is 4.74 Å². The molecule has 0 aliphatic rings. The zero-order valence-corrected chi connectivity index (χ0v) is 15.1. The van der Waals surface area contributed by atoms with Crippen molar-refractivity contribution in [2.45, 2.75) is 13.5 Å². The van der Waals surface area contributed by atoms with Gasteiger partial charge in [-0.1, -0.05) is 30.3 Å². The van der Waals surface area contributed by atoms with Gasteiger partial charge in [0.25, 0.3) is 11.5 Å². The minimum Gasteiger partial charge on any atom is -0.496 e. The Morgan fingerprint density at radius 3 is 2.70 bits per heavy atom. The van der Waals surface area contributed by atoms with Gasteiger partial charge in [0, 0.05) is 18.2 Å². The molecule has 1 aromatic heterocycles. The summed E-state index contributed by atoms with van der Waals surface area (Å²) in [5.74, 6) is 0.566. The number of fused-ring (bicyclic) bond motifs is 1. The molecule has 0 bridgehead atoms. The number of hydrogen-bond donors (Lipinski definition) is 2. The van der Waals surface area contributed by atoms with Gasteiger partial charge in [-0.05, 0) is 31.2 Å². The predicted molar refractivity (Wildman–Crippen MR) is 105 cm³/mol. The second kappa shape index (κ2) is 8.18. The first kappa shape index (κ1) is 18.2. The van der Waals surface area contributed by atoms with E-state index in [1.165, 1.54) is 10.6 Å². The molecule has 3 rings (SSSR count). The third kappa shape index (κ3) is 3.98. The summed E-state index contributed by atoms with van der Waals surface area (Å²) in [6.07, 6.45) is 3.02. The normalized spacial score (nSPS) is 10.9. The third-order valence-electron chi connectivity index (χ3n) is 4.03. The van der Waals surface area contributed by atoms with E-state index in [1.54, 1.807) is 31.4 Å². The van der Waals surface area contributed by atoms with Crippen molar-refractivity contribution in [3.63, 3.8) is 0 Å². The van der Waals surface area contributed by atoms with Crippen LogP contribution in [0.1, 0.15) is 12.5 Å². The van der Waals surface area contributed by atoms with Gasteiger partial charge in [-0.15, -0.1) is 0 Å². The van der Waals surface area contributed by atoms with Crippen molar-refractivity contribution in [2.75, 3.05) is 12.5 Å². The number of benzene rings is 2. The molecule has 0 aliphatic heterocycles. The minimum absolute atomic E-state index is 0.163. The number of para-hydroxylation sites is 2. The fourth-order valence-electron chi connectivity index (χ4n) is 2.69. The molecule has 2 aromatic carbocycles. The summed E-state index contributed by atoms with van der Waals surface area (Å²) in [7, 11) is 1.57. The standard InChI is InChI=1S/C20H20N4O3/c1-3-24-19(26)15-9-5-6-10-16(15)21-20(24)23-22-18(25)13-12-14-8-4-7-11-17(14)27-2/h4-13H,3H2,1-2H3,(H,21,23)(H,22,25)/b13-12+. The number of hydrazine groups is 1. The van der Waals surface area contributed by atoms with Gasteiger partial charge in [-0.2, -0.15) is 0 Å². The summed E-state index contributed by atoms with van der Waals surface area (Å²) in [6, 6.07) is 14.5. The summed E-state index contributed by atoms with van der Waals surface area (Å²) in [4.78, 5) is 29.1. The molecule has 3 aromatic rings. The van der Waals surface area contributed by atoms with Crippen molar-refractivity contribution >= 4 is 28.8 Å². The average Bonchev–Trinajstić information content (AvgIpc) is 2.71. The van der Waals surface area contributed by atoms with Gasteiger partial charge in [-0.25, -0.2) is 4.98 Å². The fraction of sp³-hybridized carbons (Fsp3) is 0.150. The van der Waals surface area contributed by atoms with E-state index < -0.39 is 0 Å². The first-order chi connectivity index (χ1) is 13.1. The Balaban J connectivity index is 1.77. The number of ether oxygens (including phenoxy) is 1. The Morgan fingerprint density at radius 1 is 1.19 bits per heavy atom. The molecule has 0 unspecified atom stereocenters. The van der Waals surface area contributed by atoms with Crippen LogP contribution in [0.5, 0.6) is 5.75 Å². The molecule has 7 nitrogen and oxygen atoms in total. The fourth-order valence-corrected chi connectivity index (χ4v) is 2.69. The number of hydrogen-bond acceptors (Lipinski definition) is 5. The summed E-state index contributed by atoms with van der Waals surface area (Å²) < 4.78 is 6.71. The Kier molecular flexibility index (Phi) is 5.51. The van der Waals surface area contributed by atoms with E-state index in [1.807, 2.05) is 37.3 Å². The van der Waals surface area contributed by atoms with Gasteiger partial charge < -0.3 is 4.74 Å². The maximum atomic E-state index is 12.5. The van der Waals surface area contributed by atoms with E-state index in [9.17, 15) is 9.59 Å². The number of anilines is 1. The van der Waals surface area contributed by atoms with Crippen LogP contribution in [0.3, 0.4) is 0 Å². The maximum absolute atomic E-state index is 12.5. The van der Waals surface area contributed by atoms with Crippen LogP contribution in [-0.4, -0.2) is 22.6 Å². The SMILES string of the molecule is CCn1c(NNC(=O)/C=C/c2ccccc2OC)nc2ccccc2c1=O. The van der Waals surface area contributed by atoms with Crippen LogP contribution in [0.4, 0.5) is 5.95 Å². The Bertz CT molecular complexity index is 1060. The minimum atomic E-state index is -0.383. The molecule has 0 spiro atoms. The molecule has 138 valence electrons. The number of rotatable bonds is 6. The van der Waals surface area contributed by atoms with Crippen LogP contribution in [0.2, 0.25) is 0 Å². The molecular weight excluding hydrogens is 344 g/mol. The van der Waals surface area contributed by atoms with E-state index >= 15 is 0 Å². The summed E-state index contributed by atoms with van der Waals surface area (Å²) >= 11 is 0. The molecule has 0 fully saturated rings. The number of nitrogens with zero attached hydrogens (tertiary/aromatic N) is 2. The van der Waals surface area contributed by atoms with Gasteiger partial charge in [-0.3, -0.25) is 25.0 Å². The molecule has 2 N–H and O–H groups in total. The van der Waals surface area contributed by atoms with Gasteiger partial charge in [0.1, 0.15) is 5.75 Å². The number of methoxy groups -OCH3 is 1. The first-order valence-corrected chi connectivity index (χ1v) is 8.50. The Hall–Kier alpha value is -3.61. The highest BCUT2D eigenvalue weighted by atomic mass is 16.5. The average molecular weight is 364 g/mol. The van der Waals surface area contributed by atoms with E-state index in [-0.39, 0.29) is 17.4 Å². The quantitative estimate of drug-likeness (QED) is 0.519. The molecule has 0 saturated heterocycles. The second-order valence-corrected chi connectivity index (χ2v) is 5.69. The van der Waals surface area contributed by atoms with Crippen molar-refractivity contribution in [3.8, 4) is 5.75 Å². The number of amides is 1. The molecule has 1 heterocycles. The van der Waals surface area contributed by atoms with Gasteiger partial charge >= 0.3 is 0 Å². The zero-order chi connectivity index (χ0) is 19.2. The molecule has 0 aliphatic carbocycles. The molecule has 1 amide bonds. The lowest BCUT2D eigenvalue weighted by Crippen LogP contribution is -2.33. The highest BCUT2D eigenvalue weighted by Gasteiger charge is 2.09. The largest absolute Gasteiger partial charge is 0.496 e. The van der Waals surface area contributed by atoms with Crippen molar-refractivity contribution in [3.05, 3.63) is 70.5 Å². The summed E-state index contributed by atoms with van der Waals surface area (Å²) in [6.45, 7) is 2.26. The van der Waals surface area contributed by atoms with Crippen molar-refractivity contribution in [2.24, 2.45) is 0 Å². The number of nitrogens with one attached hydrogen (secondary N) is 2. The lowest BCUT2D eigenvalue weighted by atomic mass is 10.2. The number of carbonyl (C=O) groups is 1. The Labute approximate surface area is 156 Å². The lowest BCUT2D eigenvalue weighted by Gasteiger charge is -2.13. The highest BCUT2D eigenvalue weighted by molar-refractivity contribution is 5.92.